The van der Waals surface area contributed by atoms with E-state index in [9.17, 15) is 4.57 Å². The third kappa shape index (κ3) is 14.1. The van der Waals surface area contributed by atoms with Crippen molar-refractivity contribution in [1.82, 2.24) is 0 Å². The predicted octanol–water partition coefficient (Wildman–Crippen LogP) is 13.7. The molecule has 1 nitrogen and oxygen atoms in total. The zero-order valence-corrected chi connectivity index (χ0v) is 42.4. The zero-order chi connectivity index (χ0) is 40.3. The molecule has 9 rings (SSSR count). The van der Waals surface area contributed by atoms with Crippen molar-refractivity contribution in [3.8, 4) is 0 Å². The second kappa shape index (κ2) is 26.0. The van der Waals surface area contributed by atoms with E-state index >= 15 is 0 Å². The average molecular weight is 1100 g/mol. The smallest absolute Gasteiger partial charge is 0.0622 e. The molecule has 0 fully saturated rings. The molecule has 8 aromatic carbocycles. The van der Waals surface area contributed by atoms with Gasteiger partial charge in [-0.2, -0.15) is 0 Å². The van der Waals surface area contributed by atoms with Gasteiger partial charge in [0.2, 0.25) is 7.56 Å². The van der Waals surface area contributed by atoms with Gasteiger partial charge in [0, 0.05) is 31.9 Å². The van der Waals surface area contributed by atoms with Crippen LogP contribution in [0, 0.1) is 0 Å². The maximum atomic E-state index is 10.0. The molecule has 0 amide bonds. The maximum Gasteiger partial charge on any atom is 0.432 e. The van der Waals surface area contributed by atoms with Crippen molar-refractivity contribution in [2.75, 3.05) is 11.8 Å². The third-order valence-corrected chi connectivity index (χ3v) is 35.9. The summed E-state index contributed by atoms with van der Waals surface area (Å²) in [5.41, 5.74) is 0. The Bertz CT molecular complexity index is 1950. The molecule has 298 valence electrons. The van der Waals surface area contributed by atoms with E-state index < -0.39 is 38.9 Å². The van der Waals surface area contributed by atoms with E-state index in [4.69, 9.17) is 0 Å². The van der Waals surface area contributed by atoms with E-state index in [1.807, 2.05) is 0 Å². The first-order chi connectivity index (χ1) is 29.2. The van der Waals surface area contributed by atoms with Gasteiger partial charge in [0.1, 0.15) is 0 Å². The van der Waals surface area contributed by atoms with E-state index in [0.29, 0.717) is 0 Å². The molecule has 1 aliphatic heterocycles. The Morgan fingerprint density at radius 1 is 0.300 bits per heavy atom. The summed E-state index contributed by atoms with van der Waals surface area (Å²) < 4.78 is 10.0. The Kier molecular flexibility index (Phi) is 20.3. The second-order valence-electron chi connectivity index (χ2n) is 13.2. The van der Waals surface area contributed by atoms with Crippen LogP contribution in [-0.4, -0.2) is 11.8 Å². The van der Waals surface area contributed by atoms with Crippen molar-refractivity contribution in [3.05, 3.63) is 243 Å². The van der Waals surface area contributed by atoms with Crippen LogP contribution in [0.15, 0.2) is 243 Å². The minimum atomic E-state index is -0.736. The van der Waals surface area contributed by atoms with E-state index in [1.54, 1.807) is 0 Å². The summed E-state index contributed by atoms with van der Waals surface area (Å²) in [6, 6.07) is 88.3. The van der Waals surface area contributed by atoms with Gasteiger partial charge in [0.05, 0.1) is 7.56 Å². The van der Waals surface area contributed by atoms with Crippen LogP contribution in [0.3, 0.4) is 0 Å². The van der Waals surface area contributed by atoms with Gasteiger partial charge >= 0.3 is 15.1 Å². The van der Waals surface area contributed by atoms with Crippen LogP contribution in [0.2, 0.25) is 0 Å². The van der Waals surface area contributed by atoms with Crippen molar-refractivity contribution < 1.29 is 24.7 Å². The fourth-order valence-corrected chi connectivity index (χ4v) is 25.2. The molecule has 0 spiro atoms. The predicted molar refractivity (Wildman–Crippen MR) is 274 cm³/mol. The molecule has 10 heteroatoms. The molecule has 8 aromatic rings. The van der Waals surface area contributed by atoms with Crippen molar-refractivity contribution >= 4 is 104 Å². The molecule has 0 bridgehead atoms. The van der Waals surface area contributed by atoms with Gasteiger partial charge in [0.25, 0.3) is 0 Å². The molecular formula is C50H44IrOP8+. The fraction of sp³-hybridized carbons (Fsp3) is 0.0400. The van der Waals surface area contributed by atoms with Gasteiger partial charge in [-0.3, -0.25) is 0 Å². The van der Waals surface area contributed by atoms with E-state index in [1.165, 1.54) is 61.8 Å². The summed E-state index contributed by atoms with van der Waals surface area (Å²) in [4.78, 5) is 0. The number of benzene rings is 8. The summed E-state index contributed by atoms with van der Waals surface area (Å²) in [6.07, 6.45) is 0. The van der Waals surface area contributed by atoms with Gasteiger partial charge in [-0.15, -0.1) is 0 Å². The Morgan fingerprint density at radius 2 is 0.433 bits per heavy atom. The van der Waals surface area contributed by atoms with Crippen molar-refractivity contribution in [1.29, 1.82) is 0 Å². The molecule has 1 aliphatic rings. The first-order valence-corrected chi connectivity index (χ1v) is 32.2. The second-order valence-corrected chi connectivity index (χ2v) is 33.6. The van der Waals surface area contributed by atoms with E-state index in [2.05, 4.69) is 243 Å². The standard InChI is InChI=1S/2C25H22P2.Ir.OP4/c2*1-5-13-22(14-6-1)26(23-15-7-2-8-16-23)21-27(24-17-9-3-10-18-24)25-19-11-4-12-20-25;;1-5-3-2-4-5/h2*1-20H,21H2;;/q;;;+1. The molecule has 0 saturated heterocycles. The first-order valence-electron chi connectivity index (χ1n) is 19.3. The molecule has 0 aromatic heterocycles. The van der Waals surface area contributed by atoms with Gasteiger partial charge in [-0.05, 0) is 74.1 Å². The molecule has 1 heterocycles. The van der Waals surface area contributed by atoms with Crippen LogP contribution < -0.4 is 42.4 Å². The molecule has 60 heavy (non-hydrogen) atoms. The Morgan fingerprint density at radius 3 is 0.533 bits per heavy atom. The molecule has 1 unspecified atom stereocenters. The average Bonchev–Trinajstić information content (AvgIpc) is 3.32. The van der Waals surface area contributed by atoms with E-state index in [0.717, 1.165) is 15.5 Å². The summed E-state index contributed by atoms with van der Waals surface area (Å²) in [6.45, 7) is 0. The van der Waals surface area contributed by atoms with Crippen LogP contribution >= 0.6 is 61.9 Å². The largest absolute Gasteiger partial charge is 0.432 e. The van der Waals surface area contributed by atoms with Crippen molar-refractivity contribution in [3.63, 3.8) is 0 Å². The molecule has 0 N–H and O–H groups in total. The molecule has 2 radical (unpaired) electrons. The SMILES string of the molecule is O=[P+]1[P]P=P1.[Ir].c1ccc(P(CP(c2ccccc2)c2ccccc2)c2ccccc2)cc1.c1ccc(P(CP(c2ccccc2)c2ccccc2)c2ccccc2)cc1. The first kappa shape index (κ1) is 46.8. The summed E-state index contributed by atoms with van der Waals surface area (Å²) in [7, 11) is 1.26. The summed E-state index contributed by atoms with van der Waals surface area (Å²) >= 11 is 0. The van der Waals surface area contributed by atoms with Gasteiger partial charge in [-0.1, -0.05) is 247 Å². The number of hydrogen-bond acceptors (Lipinski definition) is 1. The summed E-state index contributed by atoms with van der Waals surface area (Å²) in [5.74, 6) is 2.35. The van der Waals surface area contributed by atoms with Gasteiger partial charge in [0.15, 0.2) is 0 Å². The van der Waals surface area contributed by atoms with Crippen LogP contribution in [0.5, 0.6) is 0 Å². The Balaban J connectivity index is 0.000000177. The molecule has 0 saturated carbocycles. The normalized spacial score (nSPS) is 13.0. The number of hydrogen-bond donors (Lipinski definition) is 0. The van der Waals surface area contributed by atoms with Crippen molar-refractivity contribution in [2.24, 2.45) is 0 Å². The zero-order valence-electron chi connectivity index (χ0n) is 32.8. The van der Waals surface area contributed by atoms with Crippen LogP contribution in [0.4, 0.5) is 0 Å². The summed E-state index contributed by atoms with van der Waals surface area (Å²) in [5, 5.41) is 11.7. The van der Waals surface area contributed by atoms with Crippen molar-refractivity contribution in [2.45, 2.75) is 0 Å². The fourth-order valence-electron chi connectivity index (χ4n) is 6.47. The molecule has 1 atom stereocenters. The Labute approximate surface area is 380 Å². The minimum Gasteiger partial charge on any atom is -0.0622 e. The molecular weight excluding hydrogens is 1060 g/mol. The van der Waals surface area contributed by atoms with Crippen LogP contribution in [0.25, 0.3) is 0 Å². The maximum absolute atomic E-state index is 10.0. The van der Waals surface area contributed by atoms with Crippen LogP contribution in [-0.2, 0) is 24.7 Å². The van der Waals surface area contributed by atoms with E-state index in [-0.39, 0.29) is 20.1 Å². The topological polar surface area (TPSA) is 17.1 Å². The Hall–Kier alpha value is -2.74. The molecule has 0 aliphatic carbocycles. The number of rotatable bonds is 12. The van der Waals surface area contributed by atoms with Gasteiger partial charge in [-0.25, -0.2) is 0 Å². The minimum absolute atomic E-state index is 0. The monoisotopic (exact) mass is 1100 g/mol. The quantitative estimate of drug-likeness (QED) is 0.111. The van der Waals surface area contributed by atoms with Gasteiger partial charge < -0.3 is 0 Å². The third-order valence-electron chi connectivity index (χ3n) is 9.34. The van der Waals surface area contributed by atoms with Crippen LogP contribution in [0.1, 0.15) is 0 Å².